The summed E-state index contributed by atoms with van der Waals surface area (Å²) in [6.45, 7) is 2.62. The number of thiazole rings is 1. The summed E-state index contributed by atoms with van der Waals surface area (Å²) in [4.78, 5) is 28.3. The molecule has 1 saturated carbocycles. The largest absolute Gasteiger partial charge is 0.384 e. The quantitative estimate of drug-likeness (QED) is 0.436. The number of methoxy groups -OCH3 is 1. The molecule has 0 aliphatic heterocycles. The second-order valence-corrected chi connectivity index (χ2v) is 9.05. The number of anilines is 2. The monoisotopic (exact) mass is 470 g/mol. The number of amides is 2. The molecule has 1 aliphatic rings. The number of nitrogens with zero attached hydrogens (tertiary/aromatic N) is 6. The molecule has 5 rings (SSSR count). The predicted octanol–water partition coefficient (Wildman–Crippen LogP) is 4.02. The average Bonchev–Trinajstić information content (AvgIpc) is 3.12. The maximum absolute atomic E-state index is 12.8. The van der Waals surface area contributed by atoms with Gasteiger partial charge in [-0.2, -0.15) is 10.2 Å². The molecule has 0 bridgehead atoms. The third-order valence-electron chi connectivity index (χ3n) is 5.18. The highest BCUT2D eigenvalue weighted by Crippen LogP contribution is 2.52. The molecule has 4 heterocycles. The van der Waals surface area contributed by atoms with Gasteiger partial charge in [-0.3, -0.25) is 0 Å². The molecule has 10 nitrogen and oxygen atoms in total. The number of aromatic nitrogens is 6. The van der Waals surface area contributed by atoms with E-state index in [0.29, 0.717) is 34.7 Å². The zero-order valence-electron chi connectivity index (χ0n) is 17.2. The summed E-state index contributed by atoms with van der Waals surface area (Å²) in [6, 6.07) is 1.17. The normalized spacial score (nSPS) is 17.5. The van der Waals surface area contributed by atoms with Gasteiger partial charge in [0.1, 0.15) is 10.3 Å². The van der Waals surface area contributed by atoms with E-state index in [9.17, 15) is 4.79 Å². The molecule has 1 fully saturated rings. The van der Waals surface area contributed by atoms with Crippen molar-refractivity contribution in [3.05, 3.63) is 46.4 Å². The number of nitrogens with one attached hydrogen (secondary N) is 2. The van der Waals surface area contributed by atoms with Crippen molar-refractivity contribution in [2.45, 2.75) is 19.3 Å². The summed E-state index contributed by atoms with van der Waals surface area (Å²) in [6.07, 6.45) is 7.23. The maximum Gasteiger partial charge on any atom is 0.323 e. The van der Waals surface area contributed by atoms with Crippen LogP contribution in [0.15, 0.2) is 30.9 Å². The molecular formula is C20H19ClN8O2S. The first kappa shape index (κ1) is 20.7. The first-order valence-electron chi connectivity index (χ1n) is 9.88. The molecule has 0 aromatic carbocycles. The Hall–Kier alpha value is -3.15. The number of ether oxygens (including phenoxy) is 1. The van der Waals surface area contributed by atoms with E-state index in [1.54, 1.807) is 30.7 Å². The van der Waals surface area contributed by atoms with Gasteiger partial charge in [0.15, 0.2) is 5.82 Å². The van der Waals surface area contributed by atoms with Crippen molar-refractivity contribution in [2.75, 3.05) is 24.4 Å². The Labute approximate surface area is 192 Å². The van der Waals surface area contributed by atoms with E-state index in [2.05, 4.69) is 35.8 Å². The molecule has 2 atom stereocenters. The molecule has 4 aromatic rings. The summed E-state index contributed by atoms with van der Waals surface area (Å²) in [7, 11) is 1.70. The lowest BCUT2D eigenvalue weighted by Crippen LogP contribution is -2.21. The van der Waals surface area contributed by atoms with E-state index in [4.69, 9.17) is 16.3 Å². The Kier molecular flexibility index (Phi) is 5.45. The number of aryl methyl sites for hydroxylation is 1. The van der Waals surface area contributed by atoms with Crippen LogP contribution in [0.3, 0.4) is 0 Å². The highest BCUT2D eigenvalue weighted by atomic mass is 35.5. The summed E-state index contributed by atoms with van der Waals surface area (Å²) >= 11 is 7.83. The Balaban J connectivity index is 1.37. The summed E-state index contributed by atoms with van der Waals surface area (Å²) in [5.74, 6) is 1.05. The van der Waals surface area contributed by atoms with Crippen molar-refractivity contribution in [2.24, 2.45) is 5.92 Å². The molecule has 164 valence electrons. The molecular weight excluding hydrogens is 452 g/mol. The number of hydrogen-bond acceptors (Lipinski definition) is 8. The fraction of sp³-hybridized carbons (Fsp3) is 0.300. The lowest BCUT2D eigenvalue weighted by Gasteiger charge is -2.13. The van der Waals surface area contributed by atoms with Gasteiger partial charge in [-0.25, -0.2) is 19.7 Å². The third kappa shape index (κ3) is 4.01. The minimum atomic E-state index is -0.425. The number of fused-ring (bicyclic) bond motifs is 1. The van der Waals surface area contributed by atoms with Crippen molar-refractivity contribution < 1.29 is 9.53 Å². The first-order chi connectivity index (χ1) is 15.5. The molecule has 32 heavy (non-hydrogen) atoms. The van der Waals surface area contributed by atoms with E-state index in [1.807, 2.05) is 6.92 Å². The summed E-state index contributed by atoms with van der Waals surface area (Å²) in [5.41, 5.74) is 2.93. The maximum atomic E-state index is 12.8. The van der Waals surface area contributed by atoms with Crippen molar-refractivity contribution >= 4 is 50.7 Å². The standard InChI is InChI=1S/C20H19ClN8O2S/c1-10-26-17-16(13-5-11(13)9-31-2)15(8-23-19(17)32-10)28-20(30)27-12-6-14(21)18(22-7-12)29-24-3-4-25-29/h3-4,6-8,11,13H,5,9H2,1-2H3,(H2,27,28,30)/t11-,13?/m0/s1. The average molecular weight is 471 g/mol. The summed E-state index contributed by atoms with van der Waals surface area (Å²) < 4.78 is 5.32. The summed E-state index contributed by atoms with van der Waals surface area (Å²) in [5, 5.41) is 14.9. The second-order valence-electron chi connectivity index (χ2n) is 7.46. The Morgan fingerprint density at radius 1 is 1.28 bits per heavy atom. The first-order valence-corrected chi connectivity index (χ1v) is 11.1. The van der Waals surface area contributed by atoms with Crippen LogP contribution in [0.2, 0.25) is 5.02 Å². The van der Waals surface area contributed by atoms with Gasteiger partial charge < -0.3 is 15.4 Å². The van der Waals surface area contributed by atoms with E-state index in [1.165, 1.54) is 23.4 Å². The Morgan fingerprint density at radius 2 is 2.09 bits per heavy atom. The zero-order chi connectivity index (χ0) is 22.2. The molecule has 0 saturated heterocycles. The molecule has 2 amide bonds. The number of carbonyl (C=O) groups is 1. The van der Waals surface area contributed by atoms with E-state index >= 15 is 0 Å². The van der Waals surface area contributed by atoms with Crippen LogP contribution in [0.4, 0.5) is 16.2 Å². The van der Waals surface area contributed by atoms with Gasteiger partial charge in [0, 0.05) is 19.3 Å². The van der Waals surface area contributed by atoms with Gasteiger partial charge in [0.05, 0.1) is 46.2 Å². The van der Waals surface area contributed by atoms with Crippen LogP contribution in [0.25, 0.3) is 16.2 Å². The molecule has 12 heteroatoms. The van der Waals surface area contributed by atoms with E-state index in [-0.39, 0.29) is 5.92 Å². The fourth-order valence-electron chi connectivity index (χ4n) is 3.73. The van der Waals surface area contributed by atoms with Crippen LogP contribution in [-0.2, 0) is 4.74 Å². The Bertz CT molecular complexity index is 1290. The molecule has 1 aliphatic carbocycles. The number of pyridine rings is 2. The number of halogens is 1. The van der Waals surface area contributed by atoms with Gasteiger partial charge in [0.25, 0.3) is 0 Å². The molecule has 1 unspecified atom stereocenters. The van der Waals surface area contributed by atoms with Crippen molar-refractivity contribution in [1.82, 2.24) is 29.9 Å². The van der Waals surface area contributed by atoms with Gasteiger partial charge in [-0.15, -0.1) is 4.80 Å². The lowest BCUT2D eigenvalue weighted by atomic mass is 10.1. The number of rotatable bonds is 6. The smallest absolute Gasteiger partial charge is 0.323 e. The third-order valence-corrected chi connectivity index (χ3v) is 6.34. The van der Waals surface area contributed by atoms with Crippen LogP contribution in [0, 0.1) is 12.8 Å². The van der Waals surface area contributed by atoms with Gasteiger partial charge >= 0.3 is 6.03 Å². The predicted molar refractivity (Wildman–Crippen MR) is 122 cm³/mol. The van der Waals surface area contributed by atoms with Crippen molar-refractivity contribution in [3.8, 4) is 5.82 Å². The van der Waals surface area contributed by atoms with E-state index < -0.39 is 6.03 Å². The van der Waals surface area contributed by atoms with Gasteiger partial charge in [-0.1, -0.05) is 22.9 Å². The SMILES string of the molecule is COC[C@@H]1CC1c1c(NC(=O)Nc2cnc(-n3nccn3)c(Cl)c2)cnc2sc(C)nc12. The minimum Gasteiger partial charge on any atom is -0.384 e. The van der Waals surface area contributed by atoms with Crippen LogP contribution in [0.1, 0.15) is 22.9 Å². The molecule has 0 spiro atoms. The van der Waals surface area contributed by atoms with Gasteiger partial charge in [-0.05, 0) is 31.2 Å². The van der Waals surface area contributed by atoms with Crippen LogP contribution in [0.5, 0.6) is 0 Å². The number of hydrogen-bond donors (Lipinski definition) is 2. The van der Waals surface area contributed by atoms with Crippen molar-refractivity contribution in [1.29, 1.82) is 0 Å². The van der Waals surface area contributed by atoms with Crippen molar-refractivity contribution in [3.63, 3.8) is 0 Å². The van der Waals surface area contributed by atoms with Gasteiger partial charge in [0.2, 0.25) is 0 Å². The van der Waals surface area contributed by atoms with Crippen LogP contribution in [-0.4, -0.2) is 49.7 Å². The lowest BCUT2D eigenvalue weighted by molar-refractivity contribution is 0.184. The topological polar surface area (TPSA) is 120 Å². The zero-order valence-corrected chi connectivity index (χ0v) is 18.8. The molecule has 2 N–H and O–H groups in total. The Morgan fingerprint density at radius 3 is 2.84 bits per heavy atom. The highest BCUT2D eigenvalue weighted by molar-refractivity contribution is 7.18. The highest BCUT2D eigenvalue weighted by Gasteiger charge is 2.41. The minimum absolute atomic E-state index is 0.272. The fourth-order valence-corrected chi connectivity index (χ4v) is 4.75. The number of carbonyl (C=O) groups excluding carboxylic acids is 1. The molecule has 0 radical (unpaired) electrons. The number of urea groups is 1. The molecule has 4 aromatic heterocycles. The second kappa shape index (κ2) is 8.41. The van der Waals surface area contributed by atoms with E-state index in [0.717, 1.165) is 27.3 Å². The van der Waals surface area contributed by atoms with Crippen LogP contribution < -0.4 is 10.6 Å². The van der Waals surface area contributed by atoms with Crippen LogP contribution >= 0.6 is 22.9 Å².